The number of urea groups is 1. The molecule has 1 aliphatic carbocycles. The molecule has 3 aromatic rings. The molecule has 1 aromatic heterocycles. The van der Waals surface area contributed by atoms with Gasteiger partial charge >= 0.3 is 6.03 Å². The number of amides is 3. The standard InChI is InChI=1S/C21H20ClN5O3S/c22-15-8-4-5-9-16(15)30-12-17-25-26-21(27(17)14-10-11-14)31-18(19(28)24-20(23)29)13-6-2-1-3-7-13/h1-9,14,18H,10-12H2,(H3,23,24,28,29)/t18-/m1/s1. The number of aromatic nitrogens is 3. The number of nitrogens with zero attached hydrogens (tertiary/aromatic N) is 3. The zero-order valence-corrected chi connectivity index (χ0v) is 18.0. The number of benzene rings is 2. The summed E-state index contributed by atoms with van der Waals surface area (Å²) in [5, 5.41) is 11.1. The quantitative estimate of drug-likeness (QED) is 0.496. The highest BCUT2D eigenvalue weighted by molar-refractivity contribution is 8.00. The summed E-state index contributed by atoms with van der Waals surface area (Å²) < 4.78 is 7.83. The Hall–Kier alpha value is -3.04. The predicted molar refractivity (Wildman–Crippen MR) is 117 cm³/mol. The predicted octanol–water partition coefficient (Wildman–Crippen LogP) is 3.87. The summed E-state index contributed by atoms with van der Waals surface area (Å²) in [4.78, 5) is 23.9. The number of carbonyl (C=O) groups is 2. The average molecular weight is 458 g/mol. The van der Waals surface area contributed by atoms with E-state index in [1.165, 1.54) is 11.8 Å². The maximum atomic E-state index is 12.7. The highest BCUT2D eigenvalue weighted by Gasteiger charge is 2.33. The molecule has 0 bridgehead atoms. The molecule has 4 rings (SSSR count). The monoisotopic (exact) mass is 457 g/mol. The number of para-hydroxylation sites is 1. The Kier molecular flexibility index (Phi) is 6.43. The lowest BCUT2D eigenvalue weighted by molar-refractivity contribution is -0.119. The van der Waals surface area contributed by atoms with Crippen LogP contribution in [0.3, 0.4) is 0 Å². The van der Waals surface area contributed by atoms with E-state index in [-0.39, 0.29) is 12.6 Å². The number of nitrogens with one attached hydrogen (secondary N) is 1. The van der Waals surface area contributed by atoms with Gasteiger partial charge in [-0.25, -0.2) is 4.79 Å². The second-order valence-electron chi connectivity index (χ2n) is 6.98. The first-order valence-corrected chi connectivity index (χ1v) is 10.9. The van der Waals surface area contributed by atoms with E-state index in [1.54, 1.807) is 12.1 Å². The van der Waals surface area contributed by atoms with Crippen LogP contribution in [0.2, 0.25) is 5.02 Å². The molecular formula is C21H20ClN5O3S. The van der Waals surface area contributed by atoms with Crippen molar-refractivity contribution in [2.45, 2.75) is 35.9 Å². The number of primary amides is 1. The second-order valence-corrected chi connectivity index (χ2v) is 8.46. The van der Waals surface area contributed by atoms with Gasteiger partial charge in [-0.2, -0.15) is 0 Å². The van der Waals surface area contributed by atoms with Gasteiger partial charge in [0.25, 0.3) is 0 Å². The summed E-state index contributed by atoms with van der Waals surface area (Å²) in [6.45, 7) is 0.192. The lowest BCUT2D eigenvalue weighted by Gasteiger charge is -2.16. The molecule has 1 heterocycles. The van der Waals surface area contributed by atoms with Gasteiger partial charge in [-0.05, 0) is 30.5 Å². The van der Waals surface area contributed by atoms with Gasteiger partial charge in [0.2, 0.25) is 5.91 Å². The Bertz CT molecular complexity index is 1090. The van der Waals surface area contributed by atoms with Crippen LogP contribution in [0, 0.1) is 0 Å². The molecule has 0 unspecified atom stereocenters. The Morgan fingerprint density at radius 3 is 2.55 bits per heavy atom. The molecule has 2 aromatic carbocycles. The van der Waals surface area contributed by atoms with E-state index in [2.05, 4.69) is 15.5 Å². The molecule has 31 heavy (non-hydrogen) atoms. The zero-order chi connectivity index (χ0) is 21.8. The summed E-state index contributed by atoms with van der Waals surface area (Å²) in [5.41, 5.74) is 5.89. The van der Waals surface area contributed by atoms with Gasteiger partial charge in [0, 0.05) is 6.04 Å². The fourth-order valence-corrected chi connectivity index (χ4v) is 4.40. The zero-order valence-electron chi connectivity index (χ0n) is 16.4. The topological polar surface area (TPSA) is 112 Å². The molecular weight excluding hydrogens is 438 g/mol. The number of ether oxygens (including phenoxy) is 1. The van der Waals surface area contributed by atoms with Crippen LogP contribution in [0.5, 0.6) is 5.75 Å². The average Bonchev–Trinajstić information content (AvgIpc) is 3.52. The molecule has 3 N–H and O–H groups in total. The van der Waals surface area contributed by atoms with Crippen LogP contribution in [0.15, 0.2) is 59.8 Å². The molecule has 1 fully saturated rings. The molecule has 0 radical (unpaired) electrons. The summed E-state index contributed by atoms with van der Waals surface area (Å²) in [7, 11) is 0. The lowest BCUT2D eigenvalue weighted by Crippen LogP contribution is -2.37. The van der Waals surface area contributed by atoms with Gasteiger partial charge in [0.1, 0.15) is 17.6 Å². The number of hydrogen-bond donors (Lipinski definition) is 2. The molecule has 1 saturated carbocycles. The van der Waals surface area contributed by atoms with Crippen molar-refractivity contribution in [1.82, 2.24) is 20.1 Å². The number of imide groups is 1. The smallest absolute Gasteiger partial charge is 0.318 e. The van der Waals surface area contributed by atoms with E-state index < -0.39 is 17.2 Å². The maximum absolute atomic E-state index is 12.7. The Morgan fingerprint density at radius 2 is 1.87 bits per heavy atom. The molecule has 160 valence electrons. The number of halogens is 1. The SMILES string of the molecule is NC(=O)NC(=O)[C@H](Sc1nnc(COc2ccccc2Cl)n1C1CC1)c1ccccc1. The number of hydrogen-bond acceptors (Lipinski definition) is 6. The van der Waals surface area contributed by atoms with Crippen molar-refractivity contribution < 1.29 is 14.3 Å². The van der Waals surface area contributed by atoms with Crippen LogP contribution in [-0.4, -0.2) is 26.7 Å². The van der Waals surface area contributed by atoms with Gasteiger partial charge in [-0.3, -0.25) is 14.7 Å². The van der Waals surface area contributed by atoms with Crippen LogP contribution in [-0.2, 0) is 11.4 Å². The first-order valence-electron chi connectivity index (χ1n) is 9.66. The first-order chi connectivity index (χ1) is 15.0. The molecule has 8 nitrogen and oxygen atoms in total. The lowest BCUT2D eigenvalue weighted by atomic mass is 10.1. The number of carbonyl (C=O) groups excluding carboxylic acids is 2. The van der Waals surface area contributed by atoms with E-state index in [1.807, 2.05) is 47.0 Å². The molecule has 3 amide bonds. The minimum atomic E-state index is -0.899. The van der Waals surface area contributed by atoms with Gasteiger partial charge in [0.05, 0.1) is 5.02 Å². The summed E-state index contributed by atoms with van der Waals surface area (Å²) in [6.07, 6.45) is 1.99. The van der Waals surface area contributed by atoms with Crippen molar-refractivity contribution in [3.8, 4) is 5.75 Å². The largest absolute Gasteiger partial charge is 0.484 e. The second kappa shape index (κ2) is 9.40. The molecule has 10 heteroatoms. The molecule has 0 spiro atoms. The fourth-order valence-electron chi connectivity index (χ4n) is 3.08. The molecule has 1 atom stereocenters. The van der Waals surface area contributed by atoms with Gasteiger partial charge in [0.15, 0.2) is 11.0 Å². The Morgan fingerprint density at radius 1 is 1.16 bits per heavy atom. The maximum Gasteiger partial charge on any atom is 0.318 e. The van der Waals surface area contributed by atoms with E-state index in [9.17, 15) is 9.59 Å². The van der Waals surface area contributed by atoms with Crippen molar-refractivity contribution >= 4 is 35.3 Å². The third kappa shape index (κ3) is 5.18. The minimum absolute atomic E-state index is 0.192. The molecule has 0 aliphatic heterocycles. The van der Waals surface area contributed by atoms with Crippen LogP contribution in [0.25, 0.3) is 0 Å². The highest BCUT2D eigenvalue weighted by Crippen LogP contribution is 2.42. The fraction of sp³-hybridized carbons (Fsp3) is 0.238. The number of nitrogens with two attached hydrogens (primary N) is 1. The summed E-state index contributed by atoms with van der Waals surface area (Å²) in [5.74, 6) is 0.696. The highest BCUT2D eigenvalue weighted by atomic mass is 35.5. The van der Waals surface area contributed by atoms with Gasteiger partial charge in [-0.15, -0.1) is 10.2 Å². The number of rotatable bonds is 8. The van der Waals surface area contributed by atoms with Gasteiger partial charge in [-0.1, -0.05) is 65.8 Å². The summed E-state index contributed by atoms with van der Waals surface area (Å²) in [6, 6.07) is 15.7. The van der Waals surface area contributed by atoms with Crippen LogP contribution >= 0.6 is 23.4 Å². The van der Waals surface area contributed by atoms with E-state index in [0.717, 1.165) is 18.4 Å². The van der Waals surface area contributed by atoms with E-state index >= 15 is 0 Å². The van der Waals surface area contributed by atoms with Gasteiger partial charge < -0.3 is 10.5 Å². The Balaban J connectivity index is 1.58. The molecule has 1 aliphatic rings. The first kappa shape index (κ1) is 21.2. The van der Waals surface area contributed by atoms with Crippen LogP contribution in [0.1, 0.15) is 35.5 Å². The van der Waals surface area contributed by atoms with Crippen molar-refractivity contribution in [2.24, 2.45) is 5.73 Å². The number of thioether (sulfide) groups is 1. The van der Waals surface area contributed by atoms with Crippen molar-refractivity contribution in [3.63, 3.8) is 0 Å². The van der Waals surface area contributed by atoms with Crippen molar-refractivity contribution in [3.05, 3.63) is 71.0 Å². The summed E-state index contributed by atoms with van der Waals surface area (Å²) >= 11 is 7.39. The van der Waals surface area contributed by atoms with Crippen molar-refractivity contribution in [1.29, 1.82) is 0 Å². The third-order valence-electron chi connectivity index (χ3n) is 4.65. The van der Waals surface area contributed by atoms with E-state index in [4.69, 9.17) is 22.1 Å². The van der Waals surface area contributed by atoms with E-state index in [0.29, 0.717) is 21.8 Å². The minimum Gasteiger partial charge on any atom is -0.484 e. The Labute approximate surface area is 188 Å². The molecule has 0 saturated heterocycles. The third-order valence-corrected chi connectivity index (χ3v) is 6.17. The van der Waals surface area contributed by atoms with Crippen LogP contribution < -0.4 is 15.8 Å². The van der Waals surface area contributed by atoms with Crippen molar-refractivity contribution in [2.75, 3.05) is 0 Å². The van der Waals surface area contributed by atoms with Crippen LogP contribution in [0.4, 0.5) is 4.79 Å². The normalized spacial score (nSPS) is 14.1.